The Morgan fingerprint density at radius 3 is 2.70 bits per heavy atom. The fraction of sp³-hybridized carbons (Fsp3) is 0.778. The van der Waals surface area contributed by atoms with Crippen LogP contribution in [0.3, 0.4) is 0 Å². The topological polar surface area (TPSA) is 35.2 Å². The largest absolute Gasteiger partial charge is 0.374 e. The van der Waals surface area contributed by atoms with Crippen LogP contribution in [0.4, 0.5) is 0 Å². The molecule has 0 bridgehead atoms. The standard InChI is InChI=1S/C18H27NO/c19-14-8-5-12(6-9-14)13-7-10-18-16(11-13)15-3-1-2-4-17(15)20-18/h5,7-8,12,14-18H,1-4,6,9-11,19H2. The van der Waals surface area contributed by atoms with Gasteiger partial charge in [0.05, 0.1) is 12.2 Å². The van der Waals surface area contributed by atoms with E-state index in [0.29, 0.717) is 24.2 Å². The van der Waals surface area contributed by atoms with Crippen LogP contribution in [0.5, 0.6) is 0 Å². The maximum atomic E-state index is 6.34. The molecule has 0 amide bonds. The van der Waals surface area contributed by atoms with E-state index in [9.17, 15) is 0 Å². The van der Waals surface area contributed by atoms with E-state index in [2.05, 4.69) is 18.2 Å². The van der Waals surface area contributed by atoms with E-state index in [1.807, 2.05) is 0 Å². The molecule has 20 heavy (non-hydrogen) atoms. The SMILES string of the molecule is NC1C=CC(C2=CCC3OC4CCCCC4C3C2)CC1. The molecular weight excluding hydrogens is 246 g/mol. The fourth-order valence-corrected chi connectivity index (χ4v) is 4.97. The molecule has 2 N–H and O–H groups in total. The molecule has 0 aromatic carbocycles. The van der Waals surface area contributed by atoms with Crippen molar-refractivity contribution in [2.75, 3.05) is 0 Å². The number of fused-ring (bicyclic) bond motifs is 3. The van der Waals surface area contributed by atoms with Crippen LogP contribution >= 0.6 is 0 Å². The Kier molecular flexibility index (Phi) is 3.47. The minimum atomic E-state index is 0.292. The minimum absolute atomic E-state index is 0.292. The van der Waals surface area contributed by atoms with Crippen molar-refractivity contribution in [1.82, 2.24) is 0 Å². The van der Waals surface area contributed by atoms with Gasteiger partial charge in [0.15, 0.2) is 0 Å². The Bertz CT molecular complexity index is 427. The van der Waals surface area contributed by atoms with Crippen molar-refractivity contribution < 1.29 is 4.74 Å². The van der Waals surface area contributed by atoms with Gasteiger partial charge in [-0.3, -0.25) is 0 Å². The maximum Gasteiger partial charge on any atom is 0.0648 e. The molecule has 1 heterocycles. The molecule has 2 nitrogen and oxygen atoms in total. The van der Waals surface area contributed by atoms with Gasteiger partial charge in [-0.25, -0.2) is 0 Å². The smallest absolute Gasteiger partial charge is 0.0648 e. The van der Waals surface area contributed by atoms with Crippen LogP contribution in [0.1, 0.15) is 51.4 Å². The number of hydrogen-bond acceptors (Lipinski definition) is 2. The summed E-state index contributed by atoms with van der Waals surface area (Å²) in [6.45, 7) is 0. The third-order valence-corrected chi connectivity index (χ3v) is 6.09. The lowest BCUT2D eigenvalue weighted by atomic mass is 9.70. The Labute approximate surface area is 122 Å². The van der Waals surface area contributed by atoms with Crippen LogP contribution in [0.15, 0.2) is 23.8 Å². The average Bonchev–Trinajstić information content (AvgIpc) is 2.86. The Morgan fingerprint density at radius 2 is 1.85 bits per heavy atom. The zero-order valence-electron chi connectivity index (χ0n) is 12.3. The van der Waals surface area contributed by atoms with E-state index in [1.165, 1.54) is 38.5 Å². The average molecular weight is 273 g/mol. The van der Waals surface area contributed by atoms with Gasteiger partial charge in [0.2, 0.25) is 0 Å². The van der Waals surface area contributed by atoms with Gasteiger partial charge in [0.25, 0.3) is 0 Å². The molecule has 2 heteroatoms. The van der Waals surface area contributed by atoms with Gasteiger partial charge in [-0.2, -0.15) is 0 Å². The summed E-state index contributed by atoms with van der Waals surface area (Å²) >= 11 is 0. The highest BCUT2D eigenvalue weighted by molar-refractivity contribution is 5.22. The number of nitrogens with two attached hydrogens (primary N) is 1. The third kappa shape index (κ3) is 2.27. The fourth-order valence-electron chi connectivity index (χ4n) is 4.97. The van der Waals surface area contributed by atoms with Crippen molar-refractivity contribution >= 4 is 0 Å². The molecule has 0 radical (unpaired) electrons. The van der Waals surface area contributed by atoms with Gasteiger partial charge in [-0.05, 0) is 56.3 Å². The van der Waals surface area contributed by atoms with E-state index in [4.69, 9.17) is 10.5 Å². The molecule has 1 saturated heterocycles. The quantitative estimate of drug-likeness (QED) is 0.741. The predicted molar refractivity (Wildman–Crippen MR) is 81.3 cm³/mol. The highest BCUT2D eigenvalue weighted by Gasteiger charge is 2.46. The normalized spacial score (nSPS) is 47.5. The second kappa shape index (κ2) is 5.31. The van der Waals surface area contributed by atoms with Crippen molar-refractivity contribution in [2.24, 2.45) is 23.5 Å². The first-order valence-corrected chi connectivity index (χ1v) is 8.59. The van der Waals surface area contributed by atoms with Crippen LogP contribution in [0, 0.1) is 17.8 Å². The van der Waals surface area contributed by atoms with Crippen LogP contribution in [0.25, 0.3) is 0 Å². The second-order valence-corrected chi connectivity index (χ2v) is 7.28. The lowest BCUT2D eigenvalue weighted by molar-refractivity contribution is 0.0160. The summed E-state index contributed by atoms with van der Waals surface area (Å²) in [5.74, 6) is 2.33. The molecular formula is C18H27NO. The van der Waals surface area contributed by atoms with Gasteiger partial charge in [0.1, 0.15) is 0 Å². The van der Waals surface area contributed by atoms with E-state index < -0.39 is 0 Å². The van der Waals surface area contributed by atoms with Crippen LogP contribution in [0.2, 0.25) is 0 Å². The Balaban J connectivity index is 1.48. The lowest BCUT2D eigenvalue weighted by Gasteiger charge is -2.33. The van der Waals surface area contributed by atoms with E-state index in [0.717, 1.165) is 24.7 Å². The summed E-state index contributed by atoms with van der Waals surface area (Å²) in [7, 11) is 0. The summed E-state index contributed by atoms with van der Waals surface area (Å²) in [6.07, 6.45) is 18.5. The predicted octanol–water partition coefficient (Wildman–Crippen LogP) is 3.57. The highest BCUT2D eigenvalue weighted by Crippen LogP contribution is 2.48. The lowest BCUT2D eigenvalue weighted by Crippen LogP contribution is -2.29. The summed E-state index contributed by atoms with van der Waals surface area (Å²) in [5.41, 5.74) is 7.66. The molecule has 110 valence electrons. The molecule has 4 rings (SSSR count). The number of hydrogen-bond donors (Lipinski definition) is 1. The number of ether oxygens (including phenoxy) is 1. The Hall–Kier alpha value is -0.600. The van der Waals surface area contributed by atoms with Crippen molar-refractivity contribution in [3.05, 3.63) is 23.8 Å². The van der Waals surface area contributed by atoms with Gasteiger partial charge < -0.3 is 10.5 Å². The second-order valence-electron chi connectivity index (χ2n) is 7.28. The maximum absolute atomic E-state index is 6.34. The van der Waals surface area contributed by atoms with Crippen molar-refractivity contribution in [2.45, 2.75) is 69.6 Å². The molecule has 0 spiro atoms. The first kappa shape index (κ1) is 13.1. The summed E-state index contributed by atoms with van der Waals surface area (Å²) in [5, 5.41) is 0. The van der Waals surface area contributed by atoms with Crippen molar-refractivity contribution in [1.29, 1.82) is 0 Å². The van der Waals surface area contributed by atoms with Gasteiger partial charge in [-0.15, -0.1) is 0 Å². The zero-order chi connectivity index (χ0) is 13.5. The molecule has 0 aromatic rings. The highest BCUT2D eigenvalue weighted by atomic mass is 16.5. The van der Waals surface area contributed by atoms with E-state index in [1.54, 1.807) is 5.57 Å². The van der Waals surface area contributed by atoms with Gasteiger partial charge in [-0.1, -0.05) is 36.6 Å². The molecule has 1 aliphatic heterocycles. The molecule has 3 aliphatic carbocycles. The third-order valence-electron chi connectivity index (χ3n) is 6.09. The van der Waals surface area contributed by atoms with E-state index in [-0.39, 0.29) is 0 Å². The molecule has 6 unspecified atom stereocenters. The van der Waals surface area contributed by atoms with Crippen LogP contribution < -0.4 is 5.73 Å². The zero-order valence-corrected chi connectivity index (χ0v) is 12.3. The molecule has 6 atom stereocenters. The monoisotopic (exact) mass is 273 g/mol. The molecule has 0 aromatic heterocycles. The van der Waals surface area contributed by atoms with Crippen LogP contribution in [-0.4, -0.2) is 18.2 Å². The molecule has 2 fully saturated rings. The summed E-state index contributed by atoms with van der Waals surface area (Å²) in [6, 6.07) is 0.292. The van der Waals surface area contributed by atoms with E-state index >= 15 is 0 Å². The van der Waals surface area contributed by atoms with Crippen molar-refractivity contribution in [3.63, 3.8) is 0 Å². The number of allylic oxidation sites excluding steroid dienone is 2. The van der Waals surface area contributed by atoms with Gasteiger partial charge in [0, 0.05) is 6.04 Å². The van der Waals surface area contributed by atoms with Crippen molar-refractivity contribution in [3.8, 4) is 0 Å². The number of rotatable bonds is 1. The van der Waals surface area contributed by atoms with Gasteiger partial charge >= 0.3 is 0 Å². The molecule has 4 aliphatic rings. The molecule has 1 saturated carbocycles. The minimum Gasteiger partial charge on any atom is -0.374 e. The van der Waals surface area contributed by atoms with Crippen LogP contribution in [-0.2, 0) is 4.74 Å². The Morgan fingerprint density at radius 1 is 0.950 bits per heavy atom. The first-order valence-electron chi connectivity index (χ1n) is 8.59. The first-order chi connectivity index (χ1) is 9.81. The summed E-state index contributed by atoms with van der Waals surface area (Å²) < 4.78 is 6.34. The summed E-state index contributed by atoms with van der Waals surface area (Å²) in [4.78, 5) is 0.